The maximum atomic E-state index is 12.0. The van der Waals surface area contributed by atoms with Crippen LogP contribution in [0.5, 0.6) is 5.75 Å². The van der Waals surface area contributed by atoms with E-state index in [1.165, 1.54) is 12.1 Å². The van der Waals surface area contributed by atoms with E-state index in [-0.39, 0.29) is 11.1 Å². The molecule has 1 fully saturated rings. The predicted molar refractivity (Wildman–Crippen MR) is 71.9 cm³/mol. The normalized spacial score (nSPS) is 23.6. The fraction of sp³-hybridized carbons (Fsp3) is 0.571. The maximum absolute atomic E-state index is 12.0. The van der Waals surface area contributed by atoms with Gasteiger partial charge in [0.25, 0.3) is 0 Å². The second kappa shape index (κ2) is 6.68. The van der Waals surface area contributed by atoms with Crippen molar-refractivity contribution in [3.63, 3.8) is 0 Å². The van der Waals surface area contributed by atoms with Gasteiger partial charge in [0.2, 0.25) is 0 Å². The van der Waals surface area contributed by atoms with Crippen molar-refractivity contribution >= 4 is 11.6 Å². The first-order valence-electron chi connectivity index (χ1n) is 6.64. The third-order valence-electron chi connectivity index (χ3n) is 3.41. The number of ether oxygens (including phenoxy) is 1. The molecule has 0 unspecified atom stereocenters. The van der Waals surface area contributed by atoms with Crippen LogP contribution in [0.15, 0.2) is 24.3 Å². The molecule has 0 aliphatic heterocycles. The summed E-state index contributed by atoms with van der Waals surface area (Å²) in [5.74, 6) is -0.191. The molecule has 0 amide bonds. The average Bonchev–Trinajstić information content (AvgIpc) is 2.38. The van der Waals surface area contributed by atoms with E-state index in [0.29, 0.717) is 12.6 Å². The van der Waals surface area contributed by atoms with E-state index >= 15 is 0 Å². The Balaban J connectivity index is 1.79. The van der Waals surface area contributed by atoms with Gasteiger partial charge in [-0.3, -0.25) is 0 Å². The molecule has 0 heterocycles. The van der Waals surface area contributed by atoms with E-state index in [9.17, 15) is 13.2 Å². The van der Waals surface area contributed by atoms with Crippen LogP contribution >= 0.6 is 11.6 Å². The molecule has 2 rings (SSSR count). The molecule has 0 saturated heterocycles. The van der Waals surface area contributed by atoms with E-state index in [2.05, 4.69) is 10.1 Å². The van der Waals surface area contributed by atoms with Crippen molar-refractivity contribution < 1.29 is 17.9 Å². The number of halogens is 4. The number of hydrogen-bond donors (Lipinski definition) is 1. The van der Waals surface area contributed by atoms with Gasteiger partial charge in [-0.2, -0.15) is 0 Å². The highest BCUT2D eigenvalue weighted by molar-refractivity contribution is 6.20. The Bertz CT molecular complexity index is 413. The summed E-state index contributed by atoms with van der Waals surface area (Å²) in [5.41, 5.74) is 0.938. The van der Waals surface area contributed by atoms with Crippen LogP contribution in [0.25, 0.3) is 0 Å². The minimum absolute atomic E-state index is 0.191. The summed E-state index contributed by atoms with van der Waals surface area (Å²) in [7, 11) is 0. The minimum atomic E-state index is -4.64. The van der Waals surface area contributed by atoms with Crippen molar-refractivity contribution in [3.8, 4) is 5.75 Å². The molecular weight excluding hydrogens is 291 g/mol. The molecule has 1 aliphatic rings. The molecule has 0 atom stereocenters. The van der Waals surface area contributed by atoms with Crippen molar-refractivity contribution in [3.05, 3.63) is 29.8 Å². The van der Waals surface area contributed by atoms with Crippen LogP contribution in [0.3, 0.4) is 0 Å². The Morgan fingerprint density at radius 3 is 2.25 bits per heavy atom. The first-order valence-corrected chi connectivity index (χ1v) is 7.08. The van der Waals surface area contributed by atoms with Crippen LogP contribution in [0.4, 0.5) is 13.2 Å². The molecule has 1 N–H and O–H groups in total. The van der Waals surface area contributed by atoms with E-state index in [1.54, 1.807) is 12.1 Å². The highest BCUT2D eigenvalue weighted by Gasteiger charge is 2.30. The van der Waals surface area contributed by atoms with Crippen LogP contribution in [0.1, 0.15) is 31.2 Å². The van der Waals surface area contributed by atoms with Crippen molar-refractivity contribution in [1.29, 1.82) is 0 Å². The number of benzene rings is 1. The van der Waals surface area contributed by atoms with Crippen LogP contribution in [-0.4, -0.2) is 17.8 Å². The summed E-state index contributed by atoms with van der Waals surface area (Å²) in [6, 6.07) is 6.39. The van der Waals surface area contributed by atoms with Gasteiger partial charge in [-0.1, -0.05) is 12.1 Å². The maximum Gasteiger partial charge on any atom is 0.573 e. The Morgan fingerprint density at radius 2 is 1.70 bits per heavy atom. The zero-order chi connectivity index (χ0) is 14.6. The molecule has 0 radical (unpaired) electrons. The molecule has 0 spiro atoms. The fourth-order valence-corrected chi connectivity index (χ4v) is 2.58. The lowest BCUT2D eigenvalue weighted by molar-refractivity contribution is -0.274. The molecule has 2 nitrogen and oxygen atoms in total. The molecule has 1 aliphatic carbocycles. The van der Waals surface area contributed by atoms with Crippen molar-refractivity contribution in [2.45, 2.75) is 50.0 Å². The Hall–Kier alpha value is -0.940. The smallest absolute Gasteiger partial charge is 0.406 e. The second-order valence-corrected chi connectivity index (χ2v) is 5.64. The standard InChI is InChI=1S/C14H17ClF3NO/c15-11-3-5-12(6-4-11)19-9-10-1-7-13(8-2-10)20-14(16,17)18/h1-2,7-8,11-12,19H,3-6,9H2. The monoisotopic (exact) mass is 307 g/mol. The molecule has 0 aromatic heterocycles. The van der Waals surface area contributed by atoms with Crippen LogP contribution < -0.4 is 10.1 Å². The van der Waals surface area contributed by atoms with Gasteiger partial charge in [0.15, 0.2) is 0 Å². The van der Waals surface area contributed by atoms with Gasteiger partial charge in [0.05, 0.1) is 0 Å². The molecule has 1 aromatic rings. The van der Waals surface area contributed by atoms with E-state index in [1.807, 2.05) is 0 Å². The third kappa shape index (κ3) is 5.21. The largest absolute Gasteiger partial charge is 0.573 e. The molecule has 1 aromatic carbocycles. The fourth-order valence-electron chi connectivity index (χ4n) is 2.33. The Labute approximate surface area is 121 Å². The highest BCUT2D eigenvalue weighted by Crippen LogP contribution is 2.24. The molecular formula is C14H17ClF3NO. The molecule has 112 valence electrons. The van der Waals surface area contributed by atoms with Crippen LogP contribution in [0, 0.1) is 0 Å². The third-order valence-corrected chi connectivity index (χ3v) is 3.84. The van der Waals surface area contributed by atoms with Crippen LogP contribution in [-0.2, 0) is 6.54 Å². The van der Waals surface area contributed by atoms with Crippen LogP contribution in [0.2, 0.25) is 0 Å². The van der Waals surface area contributed by atoms with Gasteiger partial charge in [0.1, 0.15) is 5.75 Å². The number of hydrogen-bond acceptors (Lipinski definition) is 2. The zero-order valence-corrected chi connectivity index (χ0v) is 11.7. The SMILES string of the molecule is FC(F)(F)Oc1ccc(CNC2CCC(Cl)CC2)cc1. The molecule has 20 heavy (non-hydrogen) atoms. The predicted octanol–water partition coefficient (Wildman–Crippen LogP) is 4.22. The summed E-state index contributed by atoms with van der Waals surface area (Å²) in [6.07, 6.45) is -0.526. The number of rotatable bonds is 4. The topological polar surface area (TPSA) is 21.3 Å². The van der Waals surface area contributed by atoms with Crippen molar-refractivity contribution in [1.82, 2.24) is 5.32 Å². The van der Waals surface area contributed by atoms with Crippen molar-refractivity contribution in [2.24, 2.45) is 0 Å². The number of alkyl halides is 4. The second-order valence-electron chi connectivity index (χ2n) is 5.02. The van der Waals surface area contributed by atoms with Gasteiger partial charge >= 0.3 is 6.36 Å². The summed E-state index contributed by atoms with van der Waals surface area (Å²) in [4.78, 5) is 0. The lowest BCUT2D eigenvalue weighted by atomic mass is 9.95. The van der Waals surface area contributed by atoms with Gasteiger partial charge in [-0.25, -0.2) is 0 Å². The van der Waals surface area contributed by atoms with Gasteiger partial charge in [-0.05, 0) is 43.4 Å². The average molecular weight is 308 g/mol. The van der Waals surface area contributed by atoms with Gasteiger partial charge in [0, 0.05) is 18.0 Å². The van der Waals surface area contributed by atoms with E-state index in [4.69, 9.17) is 11.6 Å². The minimum Gasteiger partial charge on any atom is -0.406 e. The first kappa shape index (κ1) is 15.4. The lowest BCUT2D eigenvalue weighted by Gasteiger charge is -2.26. The Kier molecular flexibility index (Phi) is 5.16. The Morgan fingerprint density at radius 1 is 1.10 bits per heavy atom. The van der Waals surface area contributed by atoms with E-state index < -0.39 is 6.36 Å². The van der Waals surface area contributed by atoms with Crippen molar-refractivity contribution in [2.75, 3.05) is 0 Å². The summed E-state index contributed by atoms with van der Waals surface area (Å²) >= 11 is 6.04. The quantitative estimate of drug-likeness (QED) is 0.841. The number of nitrogens with one attached hydrogen (secondary N) is 1. The lowest BCUT2D eigenvalue weighted by Crippen LogP contribution is -2.32. The molecule has 0 bridgehead atoms. The summed E-state index contributed by atoms with van der Waals surface area (Å²) in [5, 5.41) is 3.69. The first-order chi connectivity index (χ1) is 9.42. The summed E-state index contributed by atoms with van der Waals surface area (Å²) in [6.45, 7) is 0.643. The zero-order valence-electron chi connectivity index (χ0n) is 10.9. The van der Waals surface area contributed by atoms with Gasteiger partial charge < -0.3 is 10.1 Å². The van der Waals surface area contributed by atoms with E-state index in [0.717, 1.165) is 31.2 Å². The van der Waals surface area contributed by atoms with Gasteiger partial charge in [-0.15, -0.1) is 24.8 Å². The molecule has 6 heteroatoms. The highest BCUT2D eigenvalue weighted by atomic mass is 35.5. The molecule has 1 saturated carbocycles. The summed E-state index contributed by atoms with van der Waals surface area (Å²) < 4.78 is 39.9.